The highest BCUT2D eigenvalue weighted by molar-refractivity contribution is 5.94. The molecule has 0 aliphatic carbocycles. The molecular weight excluding hydrogens is 310 g/mol. The molecule has 4 rings (SSSR count). The van der Waals surface area contributed by atoms with Crippen molar-refractivity contribution in [3.8, 4) is 6.01 Å². The Morgan fingerprint density at radius 2 is 2.42 bits per heavy atom. The van der Waals surface area contributed by atoms with Crippen LogP contribution in [0.3, 0.4) is 0 Å². The summed E-state index contributed by atoms with van der Waals surface area (Å²) in [7, 11) is 0. The van der Waals surface area contributed by atoms with Gasteiger partial charge in [-0.25, -0.2) is 9.97 Å². The summed E-state index contributed by atoms with van der Waals surface area (Å²) in [6.45, 7) is 4.84. The van der Waals surface area contributed by atoms with E-state index in [0.717, 1.165) is 5.69 Å². The van der Waals surface area contributed by atoms with Gasteiger partial charge in [0.1, 0.15) is 12.9 Å². The Balaban J connectivity index is 1.47. The van der Waals surface area contributed by atoms with Crippen LogP contribution in [0.1, 0.15) is 16.1 Å². The number of ether oxygens (including phenoxy) is 2. The monoisotopic (exact) mass is 329 g/mol. The molecule has 0 N–H and O–H groups in total. The van der Waals surface area contributed by atoms with Crippen LogP contribution in [0, 0.1) is 18.3 Å². The summed E-state index contributed by atoms with van der Waals surface area (Å²) in [5, 5.41) is 0. The van der Waals surface area contributed by atoms with Gasteiger partial charge >= 0.3 is 6.01 Å². The van der Waals surface area contributed by atoms with Crippen molar-refractivity contribution < 1.29 is 18.7 Å². The van der Waals surface area contributed by atoms with Crippen molar-refractivity contribution in [2.24, 2.45) is 11.3 Å². The number of hydrogen-bond donors (Lipinski definition) is 0. The molecule has 126 valence electrons. The molecule has 2 saturated heterocycles. The second-order valence-electron chi connectivity index (χ2n) is 6.54. The van der Waals surface area contributed by atoms with Crippen LogP contribution in [0.25, 0.3) is 0 Å². The number of hydrogen-bond acceptors (Lipinski definition) is 6. The van der Waals surface area contributed by atoms with E-state index in [1.807, 2.05) is 17.9 Å². The molecule has 0 unspecified atom stereocenters. The number of likely N-dealkylation sites (tertiary alicyclic amines) is 1. The maximum atomic E-state index is 12.6. The number of carbonyl (C=O) groups is 1. The number of aromatic nitrogens is 2. The third-order valence-electron chi connectivity index (χ3n) is 4.84. The fourth-order valence-corrected chi connectivity index (χ4v) is 3.46. The Labute approximate surface area is 139 Å². The number of fused-ring (bicyclic) bond motifs is 1. The lowest BCUT2D eigenvalue weighted by Crippen LogP contribution is -2.38. The van der Waals surface area contributed by atoms with Gasteiger partial charge in [-0.3, -0.25) is 4.79 Å². The predicted octanol–water partition coefficient (Wildman–Crippen LogP) is 1.55. The molecule has 0 radical (unpaired) electrons. The lowest BCUT2D eigenvalue weighted by molar-refractivity contribution is 0.0649. The first-order valence-corrected chi connectivity index (χ1v) is 7.98. The van der Waals surface area contributed by atoms with E-state index in [1.165, 1.54) is 12.5 Å². The summed E-state index contributed by atoms with van der Waals surface area (Å²) in [6, 6.07) is 3.89. The third kappa shape index (κ3) is 2.65. The molecule has 7 nitrogen and oxygen atoms in total. The molecule has 0 saturated carbocycles. The van der Waals surface area contributed by atoms with Crippen molar-refractivity contribution in [1.29, 1.82) is 0 Å². The van der Waals surface area contributed by atoms with Gasteiger partial charge in [0.05, 0.1) is 30.5 Å². The molecule has 2 aliphatic heterocycles. The van der Waals surface area contributed by atoms with Gasteiger partial charge in [-0.05, 0) is 19.1 Å². The molecule has 2 aromatic heterocycles. The van der Waals surface area contributed by atoms with E-state index in [9.17, 15) is 4.79 Å². The number of nitrogens with zero attached hydrogens (tertiary/aromatic N) is 3. The van der Waals surface area contributed by atoms with Gasteiger partial charge in [0.15, 0.2) is 0 Å². The zero-order valence-electron chi connectivity index (χ0n) is 13.5. The SMILES string of the molecule is Cc1ccnc(OC[C@@]23COC[C@@H]2CN(C(=O)c2ccoc2)C3)n1. The second-order valence-corrected chi connectivity index (χ2v) is 6.54. The Hall–Kier alpha value is -2.41. The van der Waals surface area contributed by atoms with Gasteiger partial charge in [-0.15, -0.1) is 0 Å². The second kappa shape index (κ2) is 5.90. The minimum absolute atomic E-state index is 0.00988. The van der Waals surface area contributed by atoms with Crippen molar-refractivity contribution >= 4 is 5.91 Å². The highest BCUT2D eigenvalue weighted by Gasteiger charge is 2.52. The van der Waals surface area contributed by atoms with Crippen LogP contribution >= 0.6 is 0 Å². The fourth-order valence-electron chi connectivity index (χ4n) is 3.46. The minimum Gasteiger partial charge on any atom is -0.472 e. The number of amides is 1. The number of rotatable bonds is 4. The summed E-state index contributed by atoms with van der Waals surface area (Å²) in [6.07, 6.45) is 4.68. The van der Waals surface area contributed by atoms with E-state index in [1.54, 1.807) is 12.3 Å². The van der Waals surface area contributed by atoms with Crippen molar-refractivity contribution in [3.63, 3.8) is 0 Å². The third-order valence-corrected chi connectivity index (χ3v) is 4.84. The standard InChI is InChI=1S/C17H19N3O4/c1-12-2-4-18-16(19-12)24-11-17-9-20(6-14(17)8-23-10-17)15(21)13-3-5-22-7-13/h2-5,7,14H,6,8-11H2,1H3/t14-,17+/m0/s1. The van der Waals surface area contributed by atoms with Crippen LogP contribution in [0.4, 0.5) is 0 Å². The molecule has 0 aromatic carbocycles. The molecular formula is C17H19N3O4. The van der Waals surface area contributed by atoms with E-state index >= 15 is 0 Å². The molecule has 2 aliphatic rings. The molecule has 2 atom stereocenters. The van der Waals surface area contributed by atoms with E-state index < -0.39 is 0 Å². The van der Waals surface area contributed by atoms with Crippen molar-refractivity contribution in [2.45, 2.75) is 6.92 Å². The molecule has 24 heavy (non-hydrogen) atoms. The lowest BCUT2D eigenvalue weighted by atomic mass is 9.82. The van der Waals surface area contributed by atoms with Gasteiger partial charge < -0.3 is 18.8 Å². The van der Waals surface area contributed by atoms with E-state index in [4.69, 9.17) is 13.9 Å². The highest BCUT2D eigenvalue weighted by Crippen LogP contribution is 2.42. The summed E-state index contributed by atoms with van der Waals surface area (Å²) >= 11 is 0. The zero-order valence-corrected chi connectivity index (χ0v) is 13.5. The number of furan rings is 1. The highest BCUT2D eigenvalue weighted by atomic mass is 16.5. The fraction of sp³-hybridized carbons (Fsp3) is 0.471. The largest absolute Gasteiger partial charge is 0.472 e. The molecule has 2 aromatic rings. The van der Waals surface area contributed by atoms with Crippen molar-refractivity contribution in [2.75, 3.05) is 32.9 Å². The summed E-state index contributed by atoms with van der Waals surface area (Å²) in [5.74, 6) is 0.252. The van der Waals surface area contributed by atoms with Crippen LogP contribution < -0.4 is 4.74 Å². The van der Waals surface area contributed by atoms with Gasteiger partial charge in [0, 0.05) is 30.9 Å². The smallest absolute Gasteiger partial charge is 0.316 e. The van der Waals surface area contributed by atoms with Gasteiger partial charge in [-0.1, -0.05) is 0 Å². The molecule has 0 spiro atoms. The summed E-state index contributed by atoms with van der Waals surface area (Å²) in [5.41, 5.74) is 1.24. The first kappa shape index (κ1) is 15.1. The van der Waals surface area contributed by atoms with Gasteiger partial charge in [0.2, 0.25) is 0 Å². The number of aryl methyl sites for hydroxylation is 1. The Morgan fingerprint density at radius 1 is 1.50 bits per heavy atom. The normalized spacial score (nSPS) is 25.7. The van der Waals surface area contributed by atoms with Crippen molar-refractivity contribution in [3.05, 3.63) is 42.1 Å². The summed E-state index contributed by atoms with van der Waals surface area (Å²) < 4.78 is 16.5. The van der Waals surface area contributed by atoms with Crippen LogP contribution in [-0.2, 0) is 4.74 Å². The maximum absolute atomic E-state index is 12.6. The van der Waals surface area contributed by atoms with Crippen LogP contribution in [0.5, 0.6) is 6.01 Å². The predicted molar refractivity (Wildman–Crippen MR) is 83.6 cm³/mol. The average molecular weight is 329 g/mol. The quantitative estimate of drug-likeness (QED) is 0.847. The van der Waals surface area contributed by atoms with Gasteiger partial charge in [0.25, 0.3) is 5.91 Å². The van der Waals surface area contributed by atoms with E-state index in [0.29, 0.717) is 44.5 Å². The summed E-state index contributed by atoms with van der Waals surface area (Å²) in [4.78, 5) is 22.8. The van der Waals surface area contributed by atoms with E-state index in [-0.39, 0.29) is 17.2 Å². The molecule has 7 heteroatoms. The van der Waals surface area contributed by atoms with Gasteiger partial charge in [-0.2, -0.15) is 0 Å². The Bertz CT molecular complexity index is 733. The molecule has 0 bridgehead atoms. The maximum Gasteiger partial charge on any atom is 0.316 e. The average Bonchev–Trinajstić information content (AvgIpc) is 3.28. The van der Waals surface area contributed by atoms with Crippen LogP contribution in [0.15, 0.2) is 35.3 Å². The lowest BCUT2D eigenvalue weighted by Gasteiger charge is -2.26. The number of carbonyl (C=O) groups excluding carboxylic acids is 1. The van der Waals surface area contributed by atoms with Crippen LogP contribution in [-0.4, -0.2) is 53.7 Å². The molecule has 2 fully saturated rings. The minimum atomic E-state index is -0.202. The Morgan fingerprint density at radius 3 is 3.21 bits per heavy atom. The first-order valence-electron chi connectivity index (χ1n) is 7.98. The zero-order chi connectivity index (χ0) is 16.6. The Kier molecular flexibility index (Phi) is 3.72. The topological polar surface area (TPSA) is 77.7 Å². The first-order chi connectivity index (χ1) is 11.7. The van der Waals surface area contributed by atoms with E-state index in [2.05, 4.69) is 9.97 Å². The van der Waals surface area contributed by atoms with Crippen molar-refractivity contribution in [1.82, 2.24) is 14.9 Å². The molecule has 1 amide bonds. The van der Waals surface area contributed by atoms with Crippen LogP contribution in [0.2, 0.25) is 0 Å². The molecule has 4 heterocycles.